The first-order chi connectivity index (χ1) is 9.83. The van der Waals surface area contributed by atoms with Gasteiger partial charge < -0.3 is 10.1 Å². The van der Waals surface area contributed by atoms with Crippen molar-refractivity contribution in [1.29, 1.82) is 0 Å². The van der Waals surface area contributed by atoms with Crippen LogP contribution >= 0.6 is 15.9 Å². The SMILES string of the molecule is Brc1c(CNC2CC2)cccc1OCc1ccccc1. The smallest absolute Gasteiger partial charge is 0.134 e. The predicted molar refractivity (Wildman–Crippen MR) is 84.8 cm³/mol. The summed E-state index contributed by atoms with van der Waals surface area (Å²) in [6.45, 7) is 1.49. The number of benzene rings is 2. The number of hydrogen-bond donors (Lipinski definition) is 1. The predicted octanol–water partition coefficient (Wildman–Crippen LogP) is 4.28. The second-order valence-corrected chi connectivity index (χ2v) is 5.95. The Morgan fingerprint density at radius 2 is 1.85 bits per heavy atom. The molecule has 0 amide bonds. The van der Waals surface area contributed by atoms with Gasteiger partial charge in [-0.25, -0.2) is 0 Å². The van der Waals surface area contributed by atoms with Crippen LogP contribution in [0.5, 0.6) is 5.75 Å². The van der Waals surface area contributed by atoms with Crippen LogP contribution in [0.1, 0.15) is 24.0 Å². The van der Waals surface area contributed by atoms with Crippen LogP contribution in [0.25, 0.3) is 0 Å². The Labute approximate surface area is 128 Å². The fourth-order valence-electron chi connectivity index (χ4n) is 2.08. The normalized spacial score (nSPS) is 14.2. The average Bonchev–Trinajstić information content (AvgIpc) is 3.30. The Morgan fingerprint density at radius 1 is 1.05 bits per heavy atom. The van der Waals surface area contributed by atoms with Crippen molar-refractivity contribution in [2.24, 2.45) is 0 Å². The highest BCUT2D eigenvalue weighted by Gasteiger charge is 2.20. The summed E-state index contributed by atoms with van der Waals surface area (Å²) in [5.41, 5.74) is 2.43. The van der Waals surface area contributed by atoms with Gasteiger partial charge in [0.25, 0.3) is 0 Å². The Balaban J connectivity index is 1.64. The maximum absolute atomic E-state index is 5.91. The molecule has 1 aliphatic carbocycles. The van der Waals surface area contributed by atoms with Crippen molar-refractivity contribution in [1.82, 2.24) is 5.32 Å². The van der Waals surface area contributed by atoms with Crippen molar-refractivity contribution >= 4 is 15.9 Å². The van der Waals surface area contributed by atoms with Gasteiger partial charge in [0.05, 0.1) is 4.47 Å². The van der Waals surface area contributed by atoms with Gasteiger partial charge in [0, 0.05) is 12.6 Å². The molecule has 20 heavy (non-hydrogen) atoms. The van der Waals surface area contributed by atoms with Crippen LogP contribution in [0.4, 0.5) is 0 Å². The highest BCUT2D eigenvalue weighted by Crippen LogP contribution is 2.30. The average molecular weight is 332 g/mol. The van der Waals surface area contributed by atoms with E-state index in [1.54, 1.807) is 0 Å². The molecular formula is C17H18BrNO. The second-order valence-electron chi connectivity index (χ2n) is 5.16. The number of nitrogens with one attached hydrogen (secondary N) is 1. The summed E-state index contributed by atoms with van der Waals surface area (Å²) in [6.07, 6.45) is 2.61. The molecule has 0 bridgehead atoms. The first-order valence-electron chi connectivity index (χ1n) is 7.00. The van der Waals surface area contributed by atoms with E-state index in [0.717, 1.165) is 22.8 Å². The van der Waals surface area contributed by atoms with Gasteiger partial charge in [-0.15, -0.1) is 0 Å². The zero-order chi connectivity index (χ0) is 13.8. The van der Waals surface area contributed by atoms with Crippen LogP contribution in [0.2, 0.25) is 0 Å². The summed E-state index contributed by atoms with van der Waals surface area (Å²) in [4.78, 5) is 0. The van der Waals surface area contributed by atoms with Crippen LogP contribution in [0.3, 0.4) is 0 Å². The third-order valence-corrected chi connectivity index (χ3v) is 4.34. The van der Waals surface area contributed by atoms with E-state index in [9.17, 15) is 0 Å². The fraction of sp³-hybridized carbons (Fsp3) is 0.294. The van der Waals surface area contributed by atoms with Gasteiger partial charge in [-0.05, 0) is 46.0 Å². The summed E-state index contributed by atoms with van der Waals surface area (Å²) in [6, 6.07) is 17.1. The molecule has 0 aliphatic heterocycles. The molecule has 3 heteroatoms. The quantitative estimate of drug-likeness (QED) is 0.852. The molecule has 1 N–H and O–H groups in total. The van der Waals surface area contributed by atoms with Gasteiger partial charge in [0.1, 0.15) is 12.4 Å². The first-order valence-corrected chi connectivity index (χ1v) is 7.80. The van der Waals surface area contributed by atoms with Gasteiger partial charge >= 0.3 is 0 Å². The molecule has 3 rings (SSSR count). The summed E-state index contributed by atoms with van der Waals surface area (Å²) < 4.78 is 6.97. The molecule has 0 unspecified atom stereocenters. The molecule has 0 spiro atoms. The van der Waals surface area contributed by atoms with Crippen LogP contribution in [0, 0.1) is 0 Å². The van der Waals surface area contributed by atoms with E-state index in [1.165, 1.54) is 24.0 Å². The van der Waals surface area contributed by atoms with E-state index in [-0.39, 0.29) is 0 Å². The second kappa shape index (κ2) is 6.42. The zero-order valence-corrected chi connectivity index (χ0v) is 12.9. The lowest BCUT2D eigenvalue weighted by atomic mass is 10.2. The van der Waals surface area contributed by atoms with Crippen molar-refractivity contribution in [3.05, 3.63) is 64.1 Å². The topological polar surface area (TPSA) is 21.3 Å². The molecule has 1 aliphatic rings. The van der Waals surface area contributed by atoms with Gasteiger partial charge in [-0.3, -0.25) is 0 Å². The standard InChI is InChI=1S/C17H18BrNO/c18-17-14(11-19-15-9-10-15)7-4-8-16(17)20-12-13-5-2-1-3-6-13/h1-8,15,19H,9-12H2. The van der Waals surface area contributed by atoms with Crippen molar-refractivity contribution in [3.63, 3.8) is 0 Å². The Kier molecular flexibility index (Phi) is 4.38. The van der Waals surface area contributed by atoms with Crippen molar-refractivity contribution in [3.8, 4) is 5.75 Å². The number of hydrogen-bond acceptors (Lipinski definition) is 2. The Bertz CT molecular complexity index is 566. The minimum atomic E-state index is 0.596. The lowest BCUT2D eigenvalue weighted by Crippen LogP contribution is -2.15. The van der Waals surface area contributed by atoms with E-state index in [0.29, 0.717) is 6.61 Å². The van der Waals surface area contributed by atoms with Crippen molar-refractivity contribution in [2.75, 3.05) is 0 Å². The van der Waals surface area contributed by atoms with E-state index in [1.807, 2.05) is 24.3 Å². The van der Waals surface area contributed by atoms with E-state index >= 15 is 0 Å². The van der Waals surface area contributed by atoms with Crippen molar-refractivity contribution < 1.29 is 4.74 Å². The first kappa shape index (κ1) is 13.7. The van der Waals surface area contributed by atoms with Gasteiger partial charge in [0.15, 0.2) is 0 Å². The molecule has 2 aromatic rings. The summed E-state index contributed by atoms with van der Waals surface area (Å²) in [5, 5.41) is 3.53. The summed E-state index contributed by atoms with van der Waals surface area (Å²) in [5.74, 6) is 0.906. The molecule has 2 nitrogen and oxygen atoms in total. The molecule has 0 radical (unpaired) electrons. The molecule has 1 fully saturated rings. The zero-order valence-electron chi connectivity index (χ0n) is 11.3. The molecule has 0 heterocycles. The number of halogens is 1. The minimum absolute atomic E-state index is 0.596. The molecule has 1 saturated carbocycles. The highest BCUT2D eigenvalue weighted by molar-refractivity contribution is 9.10. The van der Waals surface area contributed by atoms with Crippen molar-refractivity contribution in [2.45, 2.75) is 32.0 Å². The largest absolute Gasteiger partial charge is 0.488 e. The fourth-order valence-corrected chi connectivity index (χ4v) is 2.60. The highest BCUT2D eigenvalue weighted by atomic mass is 79.9. The molecular weight excluding hydrogens is 314 g/mol. The Hall–Kier alpha value is -1.32. The van der Waals surface area contributed by atoms with Crippen LogP contribution in [-0.2, 0) is 13.2 Å². The third kappa shape index (κ3) is 3.62. The van der Waals surface area contributed by atoms with Crippen LogP contribution < -0.4 is 10.1 Å². The van der Waals surface area contributed by atoms with Crippen LogP contribution in [0.15, 0.2) is 53.0 Å². The lowest BCUT2D eigenvalue weighted by molar-refractivity contribution is 0.304. The maximum atomic E-state index is 5.91. The molecule has 0 atom stereocenters. The van der Waals surface area contributed by atoms with Gasteiger partial charge in [-0.2, -0.15) is 0 Å². The molecule has 0 saturated heterocycles. The van der Waals surface area contributed by atoms with Crippen LogP contribution in [-0.4, -0.2) is 6.04 Å². The maximum Gasteiger partial charge on any atom is 0.134 e. The van der Waals surface area contributed by atoms with E-state index in [4.69, 9.17) is 4.74 Å². The third-order valence-electron chi connectivity index (χ3n) is 3.44. The van der Waals surface area contributed by atoms with Gasteiger partial charge in [0.2, 0.25) is 0 Å². The molecule has 2 aromatic carbocycles. The monoisotopic (exact) mass is 331 g/mol. The molecule has 104 valence electrons. The number of ether oxygens (including phenoxy) is 1. The van der Waals surface area contributed by atoms with Gasteiger partial charge in [-0.1, -0.05) is 42.5 Å². The number of rotatable bonds is 6. The Morgan fingerprint density at radius 3 is 2.60 bits per heavy atom. The summed E-state index contributed by atoms with van der Waals surface area (Å²) >= 11 is 3.66. The van der Waals surface area contributed by atoms with E-state index in [2.05, 4.69) is 45.5 Å². The summed E-state index contributed by atoms with van der Waals surface area (Å²) in [7, 11) is 0. The minimum Gasteiger partial charge on any atom is -0.488 e. The lowest BCUT2D eigenvalue weighted by Gasteiger charge is -2.12. The molecule has 0 aromatic heterocycles. The van der Waals surface area contributed by atoms with E-state index < -0.39 is 0 Å².